The molecule has 1 aliphatic heterocycles. The first kappa shape index (κ1) is 17.6. The molecule has 8 heteroatoms. The number of rotatable bonds is 4. The summed E-state index contributed by atoms with van der Waals surface area (Å²) < 4.78 is 31.8. The number of benzene rings is 1. The summed E-state index contributed by atoms with van der Waals surface area (Å²) in [6.45, 7) is 4.93. The van der Waals surface area contributed by atoms with Gasteiger partial charge in [-0.1, -0.05) is 24.2 Å². The number of hydrogen-bond acceptors (Lipinski definition) is 5. The Balaban J connectivity index is 1.67. The fraction of sp³-hybridized carbons (Fsp3) is 0.412. The number of hydrogen-bond donors (Lipinski definition) is 0. The summed E-state index contributed by atoms with van der Waals surface area (Å²) in [4.78, 5) is 14.2. The van der Waals surface area contributed by atoms with Crippen LogP contribution in [0.4, 0.5) is 0 Å². The van der Waals surface area contributed by atoms with Gasteiger partial charge in [0, 0.05) is 32.2 Å². The average Bonchev–Trinajstić information content (AvgIpc) is 3.07. The van der Waals surface area contributed by atoms with Gasteiger partial charge in [0.2, 0.25) is 10.0 Å². The standard InChI is InChI=1S/C17H21N3O4S/c1-3-14-4-6-15(7-5-14)25(22,23)20-10-8-19(9-11-20)17(21)16-12-13(2)24-18-16/h4-7,12H,3,8-11H2,1-2H3. The molecule has 0 bridgehead atoms. The number of piperazine rings is 1. The van der Waals surface area contributed by atoms with E-state index in [0.29, 0.717) is 18.8 Å². The third-order valence-corrected chi connectivity index (χ3v) is 6.26. The minimum atomic E-state index is -3.54. The van der Waals surface area contributed by atoms with E-state index in [1.807, 2.05) is 19.1 Å². The van der Waals surface area contributed by atoms with Crippen molar-refractivity contribution in [3.8, 4) is 0 Å². The fourth-order valence-corrected chi connectivity index (χ4v) is 4.23. The van der Waals surface area contributed by atoms with E-state index in [-0.39, 0.29) is 29.6 Å². The van der Waals surface area contributed by atoms with Crippen molar-refractivity contribution in [3.05, 3.63) is 47.3 Å². The number of sulfonamides is 1. The van der Waals surface area contributed by atoms with E-state index >= 15 is 0 Å². The molecule has 1 amide bonds. The zero-order valence-electron chi connectivity index (χ0n) is 14.3. The molecule has 7 nitrogen and oxygen atoms in total. The Bertz CT molecular complexity index is 850. The van der Waals surface area contributed by atoms with Crippen LogP contribution < -0.4 is 0 Å². The molecule has 0 unspecified atom stereocenters. The molecule has 0 aliphatic carbocycles. The van der Waals surface area contributed by atoms with Crippen molar-refractivity contribution in [1.29, 1.82) is 0 Å². The number of aryl methyl sites for hydroxylation is 2. The zero-order chi connectivity index (χ0) is 18.0. The van der Waals surface area contributed by atoms with Gasteiger partial charge in [0.25, 0.3) is 5.91 Å². The highest BCUT2D eigenvalue weighted by Gasteiger charge is 2.31. The van der Waals surface area contributed by atoms with E-state index in [9.17, 15) is 13.2 Å². The number of carbonyl (C=O) groups excluding carboxylic acids is 1. The highest BCUT2D eigenvalue weighted by atomic mass is 32.2. The highest BCUT2D eigenvalue weighted by Crippen LogP contribution is 2.19. The number of nitrogens with zero attached hydrogens (tertiary/aromatic N) is 3. The maximum absolute atomic E-state index is 12.7. The zero-order valence-corrected chi connectivity index (χ0v) is 15.1. The van der Waals surface area contributed by atoms with E-state index in [4.69, 9.17) is 4.52 Å². The molecule has 1 aliphatic rings. The van der Waals surface area contributed by atoms with E-state index in [2.05, 4.69) is 5.16 Å². The van der Waals surface area contributed by atoms with Gasteiger partial charge in [-0.3, -0.25) is 4.79 Å². The van der Waals surface area contributed by atoms with Gasteiger partial charge in [-0.25, -0.2) is 8.42 Å². The largest absolute Gasteiger partial charge is 0.361 e. The van der Waals surface area contributed by atoms with Crippen LogP contribution in [0.1, 0.15) is 28.7 Å². The van der Waals surface area contributed by atoms with Crippen molar-refractivity contribution in [2.75, 3.05) is 26.2 Å². The first-order chi connectivity index (χ1) is 11.9. The topological polar surface area (TPSA) is 83.7 Å². The minimum absolute atomic E-state index is 0.235. The summed E-state index contributed by atoms with van der Waals surface area (Å²) in [7, 11) is -3.54. The quantitative estimate of drug-likeness (QED) is 0.825. The van der Waals surface area contributed by atoms with Crippen molar-refractivity contribution in [2.45, 2.75) is 25.2 Å². The second-order valence-corrected chi connectivity index (χ2v) is 7.95. The molecule has 1 fully saturated rings. The number of amides is 1. The number of aromatic nitrogens is 1. The minimum Gasteiger partial charge on any atom is -0.361 e. The first-order valence-electron chi connectivity index (χ1n) is 8.23. The highest BCUT2D eigenvalue weighted by molar-refractivity contribution is 7.89. The molecule has 0 N–H and O–H groups in total. The first-order valence-corrected chi connectivity index (χ1v) is 9.67. The van der Waals surface area contributed by atoms with Crippen LogP contribution in [0, 0.1) is 6.92 Å². The second-order valence-electron chi connectivity index (χ2n) is 6.02. The summed E-state index contributed by atoms with van der Waals surface area (Å²) in [5.41, 5.74) is 1.35. The van der Waals surface area contributed by atoms with Crippen LogP contribution in [0.5, 0.6) is 0 Å². The van der Waals surface area contributed by atoms with Crippen molar-refractivity contribution in [2.24, 2.45) is 0 Å². The fourth-order valence-electron chi connectivity index (χ4n) is 2.81. The SMILES string of the molecule is CCc1ccc(S(=O)(=O)N2CCN(C(=O)c3cc(C)on3)CC2)cc1. The van der Waals surface area contributed by atoms with Crippen molar-refractivity contribution < 1.29 is 17.7 Å². The van der Waals surface area contributed by atoms with E-state index in [1.165, 1.54) is 4.31 Å². The van der Waals surface area contributed by atoms with Crippen LogP contribution in [0.2, 0.25) is 0 Å². The van der Waals surface area contributed by atoms with Crippen LogP contribution in [0.15, 0.2) is 39.8 Å². The molecular formula is C17H21N3O4S. The van der Waals surface area contributed by atoms with Gasteiger partial charge in [-0.15, -0.1) is 0 Å². The molecule has 0 radical (unpaired) electrons. The predicted molar refractivity (Wildman–Crippen MR) is 91.7 cm³/mol. The van der Waals surface area contributed by atoms with Gasteiger partial charge >= 0.3 is 0 Å². The van der Waals surface area contributed by atoms with Gasteiger partial charge in [-0.05, 0) is 31.0 Å². The van der Waals surface area contributed by atoms with Gasteiger partial charge in [0.05, 0.1) is 4.90 Å². The molecule has 1 aromatic heterocycles. The Morgan fingerprint density at radius 2 is 1.80 bits per heavy atom. The molecule has 0 atom stereocenters. The third kappa shape index (κ3) is 3.59. The molecule has 0 spiro atoms. The molecule has 2 aromatic rings. The smallest absolute Gasteiger partial charge is 0.276 e. The van der Waals surface area contributed by atoms with Crippen LogP contribution in [-0.4, -0.2) is 54.9 Å². The van der Waals surface area contributed by atoms with E-state index < -0.39 is 10.0 Å². The molecule has 25 heavy (non-hydrogen) atoms. The number of carbonyl (C=O) groups is 1. The Kier molecular flexibility index (Phi) is 4.91. The summed E-state index contributed by atoms with van der Waals surface area (Å²) >= 11 is 0. The van der Waals surface area contributed by atoms with Gasteiger partial charge < -0.3 is 9.42 Å². The Morgan fingerprint density at radius 3 is 2.32 bits per heavy atom. The Morgan fingerprint density at radius 1 is 1.16 bits per heavy atom. The lowest BCUT2D eigenvalue weighted by Gasteiger charge is -2.33. The molecule has 3 rings (SSSR count). The van der Waals surface area contributed by atoms with Crippen molar-refractivity contribution in [1.82, 2.24) is 14.4 Å². The van der Waals surface area contributed by atoms with Gasteiger partial charge in [0.15, 0.2) is 5.69 Å². The van der Waals surface area contributed by atoms with Crippen LogP contribution in [0.3, 0.4) is 0 Å². The predicted octanol–water partition coefficient (Wildman–Crippen LogP) is 1.69. The van der Waals surface area contributed by atoms with E-state index in [1.54, 1.807) is 30.0 Å². The summed E-state index contributed by atoms with van der Waals surface area (Å²) in [6, 6.07) is 8.54. The molecule has 134 valence electrons. The van der Waals surface area contributed by atoms with Crippen LogP contribution in [-0.2, 0) is 16.4 Å². The summed E-state index contributed by atoms with van der Waals surface area (Å²) in [5, 5.41) is 3.72. The van der Waals surface area contributed by atoms with Crippen molar-refractivity contribution in [3.63, 3.8) is 0 Å². The Hall–Kier alpha value is -2.19. The normalized spacial score (nSPS) is 16.2. The lowest BCUT2D eigenvalue weighted by molar-refractivity contribution is 0.0687. The molecular weight excluding hydrogens is 342 g/mol. The molecule has 1 saturated heterocycles. The summed E-state index contributed by atoms with van der Waals surface area (Å²) in [5.74, 6) is 0.335. The maximum atomic E-state index is 12.7. The maximum Gasteiger partial charge on any atom is 0.276 e. The lowest BCUT2D eigenvalue weighted by atomic mass is 10.2. The van der Waals surface area contributed by atoms with Crippen LogP contribution in [0.25, 0.3) is 0 Å². The molecule has 2 heterocycles. The molecule has 1 aromatic carbocycles. The average molecular weight is 363 g/mol. The monoisotopic (exact) mass is 363 g/mol. The molecule has 0 saturated carbocycles. The van der Waals surface area contributed by atoms with Crippen molar-refractivity contribution >= 4 is 15.9 Å². The Labute approximate surface area is 147 Å². The van der Waals surface area contributed by atoms with Crippen LogP contribution >= 0.6 is 0 Å². The lowest BCUT2D eigenvalue weighted by Crippen LogP contribution is -2.50. The van der Waals surface area contributed by atoms with E-state index in [0.717, 1.165) is 12.0 Å². The van der Waals surface area contributed by atoms with Gasteiger partial charge in [0.1, 0.15) is 5.76 Å². The third-order valence-electron chi connectivity index (χ3n) is 4.34. The van der Waals surface area contributed by atoms with Gasteiger partial charge in [-0.2, -0.15) is 4.31 Å². The summed E-state index contributed by atoms with van der Waals surface area (Å²) in [6.07, 6.45) is 0.864. The second kappa shape index (κ2) is 6.97.